The number of urea groups is 1. The molecule has 19 heavy (non-hydrogen) atoms. The van der Waals surface area contributed by atoms with Gasteiger partial charge in [0.15, 0.2) is 0 Å². The Hall–Kier alpha value is -0.420. The summed E-state index contributed by atoms with van der Waals surface area (Å²) in [6.45, 7) is 4.84. The molecule has 2 aliphatic rings. The predicted octanol–water partition coefficient (Wildman–Crippen LogP) is 1.98. The highest BCUT2D eigenvalue weighted by atomic mass is 32.2. The van der Waals surface area contributed by atoms with Crippen molar-refractivity contribution >= 4 is 17.8 Å². The summed E-state index contributed by atoms with van der Waals surface area (Å²) in [4.78, 5) is 11.9. The molecule has 2 fully saturated rings. The van der Waals surface area contributed by atoms with Crippen molar-refractivity contribution < 1.29 is 9.90 Å². The van der Waals surface area contributed by atoms with Crippen LogP contribution in [0.5, 0.6) is 0 Å². The van der Waals surface area contributed by atoms with Gasteiger partial charge in [0.05, 0.1) is 5.60 Å². The van der Waals surface area contributed by atoms with Crippen molar-refractivity contribution in [2.24, 2.45) is 11.8 Å². The Morgan fingerprint density at radius 1 is 1.42 bits per heavy atom. The largest absolute Gasteiger partial charge is 0.387 e. The Kier molecular flexibility index (Phi) is 5.01. The summed E-state index contributed by atoms with van der Waals surface area (Å²) >= 11 is 1.75. The molecule has 0 radical (unpaired) electrons. The number of rotatable bonds is 3. The first kappa shape index (κ1) is 15.0. The Labute approximate surface area is 120 Å². The lowest BCUT2D eigenvalue weighted by Crippen LogP contribution is -2.51. The van der Waals surface area contributed by atoms with Crippen LogP contribution in [0.2, 0.25) is 0 Å². The number of nitrogens with one attached hydrogen (secondary N) is 2. The zero-order chi connectivity index (χ0) is 13.9. The fourth-order valence-corrected chi connectivity index (χ4v) is 4.28. The molecule has 1 heterocycles. The summed E-state index contributed by atoms with van der Waals surface area (Å²) in [5, 5.41) is 16.1. The van der Waals surface area contributed by atoms with Crippen LogP contribution in [0.3, 0.4) is 0 Å². The second kappa shape index (κ2) is 6.35. The van der Waals surface area contributed by atoms with Gasteiger partial charge in [-0.25, -0.2) is 4.79 Å². The van der Waals surface area contributed by atoms with Crippen molar-refractivity contribution in [3.8, 4) is 0 Å². The van der Waals surface area contributed by atoms with E-state index in [0.717, 1.165) is 24.3 Å². The van der Waals surface area contributed by atoms with Gasteiger partial charge < -0.3 is 15.7 Å². The van der Waals surface area contributed by atoms with E-state index in [9.17, 15) is 9.90 Å². The second-order valence-electron chi connectivity index (χ2n) is 6.23. The van der Waals surface area contributed by atoms with Gasteiger partial charge in [-0.2, -0.15) is 11.8 Å². The SMILES string of the molecule is CC1CCCC(NC(=O)NCC2(O)CCSC2)C1C. The maximum absolute atomic E-state index is 11.9. The van der Waals surface area contributed by atoms with Gasteiger partial charge in [0.2, 0.25) is 0 Å². The van der Waals surface area contributed by atoms with E-state index in [-0.39, 0.29) is 12.1 Å². The van der Waals surface area contributed by atoms with Crippen LogP contribution < -0.4 is 10.6 Å². The molecule has 0 aromatic heterocycles. The molecule has 0 aromatic carbocycles. The maximum Gasteiger partial charge on any atom is 0.315 e. The van der Waals surface area contributed by atoms with Crippen molar-refractivity contribution in [1.29, 1.82) is 0 Å². The standard InChI is InChI=1S/C14H26N2O2S/c1-10-4-3-5-12(11(10)2)16-13(17)15-8-14(18)6-7-19-9-14/h10-12,18H,3-9H2,1-2H3,(H2,15,16,17). The van der Waals surface area contributed by atoms with Gasteiger partial charge >= 0.3 is 6.03 Å². The van der Waals surface area contributed by atoms with E-state index in [2.05, 4.69) is 24.5 Å². The van der Waals surface area contributed by atoms with Crippen molar-refractivity contribution in [2.45, 2.75) is 51.2 Å². The van der Waals surface area contributed by atoms with Crippen LogP contribution in [0, 0.1) is 11.8 Å². The Morgan fingerprint density at radius 2 is 2.21 bits per heavy atom. The molecule has 4 nitrogen and oxygen atoms in total. The predicted molar refractivity (Wildman–Crippen MR) is 79.4 cm³/mol. The lowest BCUT2D eigenvalue weighted by Gasteiger charge is -2.34. The lowest BCUT2D eigenvalue weighted by molar-refractivity contribution is 0.0695. The molecule has 3 N–H and O–H groups in total. The van der Waals surface area contributed by atoms with Crippen molar-refractivity contribution in [2.75, 3.05) is 18.1 Å². The van der Waals surface area contributed by atoms with Gasteiger partial charge in [-0.05, 0) is 30.4 Å². The van der Waals surface area contributed by atoms with E-state index in [4.69, 9.17) is 0 Å². The molecule has 1 saturated heterocycles. The first-order valence-corrected chi connectivity index (χ1v) is 8.50. The normalized spacial score (nSPS) is 39.0. The van der Waals surface area contributed by atoms with Gasteiger partial charge in [-0.3, -0.25) is 0 Å². The molecule has 1 aliphatic heterocycles. The quantitative estimate of drug-likeness (QED) is 0.743. The molecule has 4 unspecified atom stereocenters. The molecule has 4 atom stereocenters. The van der Waals surface area contributed by atoms with E-state index in [0.29, 0.717) is 18.4 Å². The molecule has 0 aromatic rings. The van der Waals surface area contributed by atoms with Crippen LogP contribution in [0.15, 0.2) is 0 Å². The molecular formula is C14H26N2O2S. The van der Waals surface area contributed by atoms with Crippen LogP contribution in [0.25, 0.3) is 0 Å². The minimum atomic E-state index is -0.701. The fraction of sp³-hybridized carbons (Fsp3) is 0.929. The van der Waals surface area contributed by atoms with E-state index < -0.39 is 5.60 Å². The topological polar surface area (TPSA) is 61.4 Å². The molecule has 5 heteroatoms. The van der Waals surface area contributed by atoms with Crippen molar-refractivity contribution in [3.63, 3.8) is 0 Å². The van der Waals surface area contributed by atoms with Gasteiger partial charge in [0.1, 0.15) is 0 Å². The zero-order valence-corrected chi connectivity index (χ0v) is 12.8. The van der Waals surface area contributed by atoms with Gasteiger partial charge in [-0.1, -0.05) is 26.7 Å². The van der Waals surface area contributed by atoms with E-state index in [1.807, 2.05) is 0 Å². The summed E-state index contributed by atoms with van der Waals surface area (Å²) in [6, 6.07) is 0.146. The van der Waals surface area contributed by atoms with E-state index in [1.54, 1.807) is 11.8 Å². The monoisotopic (exact) mass is 286 g/mol. The summed E-state index contributed by atoms with van der Waals surface area (Å²) < 4.78 is 0. The minimum Gasteiger partial charge on any atom is -0.387 e. The van der Waals surface area contributed by atoms with Crippen molar-refractivity contribution in [3.05, 3.63) is 0 Å². The minimum absolute atomic E-state index is 0.128. The second-order valence-corrected chi connectivity index (χ2v) is 7.33. The molecule has 2 rings (SSSR count). The summed E-state index contributed by atoms with van der Waals surface area (Å²) in [5.74, 6) is 2.92. The maximum atomic E-state index is 11.9. The van der Waals surface area contributed by atoms with Crippen LogP contribution in [0.1, 0.15) is 39.5 Å². The molecule has 0 bridgehead atoms. The highest BCUT2D eigenvalue weighted by Crippen LogP contribution is 2.29. The fourth-order valence-electron chi connectivity index (χ4n) is 2.99. The molecule has 1 aliphatic carbocycles. The highest BCUT2D eigenvalue weighted by Gasteiger charge is 2.33. The van der Waals surface area contributed by atoms with Crippen LogP contribution >= 0.6 is 11.8 Å². The van der Waals surface area contributed by atoms with Crippen LogP contribution in [-0.2, 0) is 0 Å². The Balaban J connectivity index is 1.74. The molecule has 0 spiro atoms. The van der Waals surface area contributed by atoms with E-state index in [1.165, 1.54) is 12.8 Å². The number of aliphatic hydroxyl groups is 1. The van der Waals surface area contributed by atoms with Gasteiger partial charge in [0, 0.05) is 18.3 Å². The first-order chi connectivity index (χ1) is 9.00. The lowest BCUT2D eigenvalue weighted by atomic mass is 9.78. The number of thioether (sulfide) groups is 1. The Morgan fingerprint density at radius 3 is 2.89 bits per heavy atom. The average molecular weight is 286 g/mol. The molecule has 110 valence electrons. The van der Waals surface area contributed by atoms with Crippen molar-refractivity contribution in [1.82, 2.24) is 10.6 Å². The third-order valence-corrected chi connectivity index (χ3v) is 5.92. The number of hydrogen-bond acceptors (Lipinski definition) is 3. The molecule has 1 saturated carbocycles. The van der Waals surface area contributed by atoms with Gasteiger partial charge in [0.25, 0.3) is 0 Å². The van der Waals surface area contributed by atoms with E-state index >= 15 is 0 Å². The number of carbonyl (C=O) groups excluding carboxylic acids is 1. The van der Waals surface area contributed by atoms with Crippen LogP contribution in [-0.4, -0.2) is 40.8 Å². The zero-order valence-electron chi connectivity index (χ0n) is 11.9. The summed E-state index contributed by atoms with van der Waals surface area (Å²) in [5.41, 5.74) is -0.701. The number of carbonyl (C=O) groups is 1. The summed E-state index contributed by atoms with van der Waals surface area (Å²) in [6.07, 6.45) is 4.29. The molecule has 2 amide bonds. The third kappa shape index (κ3) is 4.02. The average Bonchev–Trinajstić information content (AvgIpc) is 2.80. The summed E-state index contributed by atoms with van der Waals surface area (Å²) in [7, 11) is 0. The number of hydrogen-bond donors (Lipinski definition) is 3. The smallest absolute Gasteiger partial charge is 0.315 e. The molecular weight excluding hydrogens is 260 g/mol. The third-order valence-electron chi connectivity index (χ3n) is 4.68. The number of amides is 2. The Bertz CT molecular complexity index is 319. The highest BCUT2D eigenvalue weighted by molar-refractivity contribution is 7.99. The van der Waals surface area contributed by atoms with Crippen LogP contribution in [0.4, 0.5) is 4.79 Å². The first-order valence-electron chi connectivity index (χ1n) is 7.35. The van der Waals surface area contributed by atoms with Gasteiger partial charge in [-0.15, -0.1) is 0 Å².